The number of ether oxygens (including phenoxy) is 2. The van der Waals surface area contributed by atoms with Gasteiger partial charge in [-0.25, -0.2) is 14.6 Å². The van der Waals surface area contributed by atoms with Crippen LogP contribution in [0.2, 0.25) is 0 Å². The Hall–Kier alpha value is -2.18. The molecule has 6 nitrogen and oxygen atoms in total. The molecule has 0 saturated carbocycles. The Morgan fingerprint density at radius 2 is 1.86 bits per heavy atom. The van der Waals surface area contributed by atoms with E-state index in [0.29, 0.717) is 35.2 Å². The first kappa shape index (κ1) is 22.1. The summed E-state index contributed by atoms with van der Waals surface area (Å²) in [4.78, 5) is 28.6. The highest BCUT2D eigenvalue weighted by Crippen LogP contribution is 2.39. The predicted molar refractivity (Wildman–Crippen MR) is 107 cm³/mol. The fraction of sp³-hybridized carbons (Fsp3) is 0.476. The van der Waals surface area contributed by atoms with Crippen molar-refractivity contribution >= 4 is 29.1 Å². The second kappa shape index (κ2) is 8.45. The van der Waals surface area contributed by atoms with Gasteiger partial charge in [-0.2, -0.15) is 0 Å². The molecule has 0 spiro atoms. The number of esters is 1. The number of carbonyl (C=O) groups excluding carboxylic acids is 1. The van der Waals surface area contributed by atoms with E-state index in [-0.39, 0.29) is 5.69 Å². The number of carboxylic acid groups (broad SMARTS) is 1. The van der Waals surface area contributed by atoms with Gasteiger partial charge in [0.15, 0.2) is 11.8 Å². The van der Waals surface area contributed by atoms with Crippen molar-refractivity contribution in [2.75, 3.05) is 7.11 Å². The van der Waals surface area contributed by atoms with E-state index in [4.69, 9.17) is 21.1 Å². The number of hydrogen-bond acceptors (Lipinski definition) is 5. The van der Waals surface area contributed by atoms with Crippen LogP contribution in [0.5, 0.6) is 0 Å². The van der Waals surface area contributed by atoms with Crippen LogP contribution in [-0.4, -0.2) is 34.7 Å². The summed E-state index contributed by atoms with van der Waals surface area (Å²) in [6.45, 7) is 8.89. The van der Waals surface area contributed by atoms with Gasteiger partial charge in [0.25, 0.3) is 0 Å². The van der Waals surface area contributed by atoms with Gasteiger partial charge in [-0.15, -0.1) is 0 Å². The Morgan fingerprint density at radius 3 is 2.32 bits per heavy atom. The van der Waals surface area contributed by atoms with E-state index in [1.165, 1.54) is 7.11 Å². The van der Waals surface area contributed by atoms with Crippen molar-refractivity contribution in [2.24, 2.45) is 0 Å². The summed E-state index contributed by atoms with van der Waals surface area (Å²) < 4.78 is 11.0. The largest absolute Gasteiger partial charge is 0.477 e. The van der Waals surface area contributed by atoms with Crippen LogP contribution in [0.1, 0.15) is 72.6 Å². The average Bonchev–Trinajstić information content (AvgIpc) is 2.60. The number of pyridine rings is 1. The number of hydrogen-bond donors (Lipinski definition) is 1. The summed E-state index contributed by atoms with van der Waals surface area (Å²) in [6.07, 6.45) is 3.87. The zero-order valence-electron chi connectivity index (χ0n) is 17.1. The number of rotatable bonds is 5. The van der Waals surface area contributed by atoms with Crippen molar-refractivity contribution in [3.63, 3.8) is 0 Å². The third kappa shape index (κ3) is 4.80. The Labute approximate surface area is 170 Å². The van der Waals surface area contributed by atoms with E-state index in [0.717, 1.165) is 10.6 Å². The zero-order valence-corrected chi connectivity index (χ0v) is 17.8. The van der Waals surface area contributed by atoms with Gasteiger partial charge in [0.2, 0.25) is 0 Å². The fourth-order valence-corrected chi connectivity index (χ4v) is 3.42. The molecule has 1 aliphatic carbocycles. The molecule has 1 atom stereocenters. The third-order valence-electron chi connectivity index (χ3n) is 4.44. The number of allylic oxidation sites excluding steroid dienone is 4. The lowest BCUT2D eigenvalue weighted by atomic mass is 9.86. The van der Waals surface area contributed by atoms with Crippen LogP contribution in [0, 0.1) is 13.8 Å². The molecule has 1 aromatic rings. The fourth-order valence-electron chi connectivity index (χ4n) is 3.26. The SMILES string of the molecule is COC(=O)[C@@H](OC(C)(C)C)c1c(C)nc(C(=O)O)c(C)c1C1=CC=C(Cl)CC1. The van der Waals surface area contributed by atoms with E-state index in [1.807, 2.05) is 26.8 Å². The quantitative estimate of drug-likeness (QED) is 0.710. The maximum atomic E-state index is 12.6. The highest BCUT2D eigenvalue weighted by Gasteiger charge is 2.34. The smallest absolute Gasteiger partial charge is 0.354 e. The monoisotopic (exact) mass is 407 g/mol. The molecular weight excluding hydrogens is 382 g/mol. The molecule has 1 aromatic heterocycles. The first-order valence-corrected chi connectivity index (χ1v) is 9.39. The molecule has 1 heterocycles. The van der Waals surface area contributed by atoms with Crippen LogP contribution >= 0.6 is 11.6 Å². The van der Waals surface area contributed by atoms with Crippen LogP contribution < -0.4 is 0 Å². The lowest BCUT2D eigenvalue weighted by Crippen LogP contribution is -2.30. The topological polar surface area (TPSA) is 85.7 Å². The Kier molecular flexibility index (Phi) is 6.67. The van der Waals surface area contributed by atoms with Crippen LogP contribution in [0.15, 0.2) is 17.2 Å². The predicted octanol–water partition coefficient (Wildman–Crippen LogP) is 4.73. The maximum Gasteiger partial charge on any atom is 0.354 e. The molecule has 0 aromatic carbocycles. The summed E-state index contributed by atoms with van der Waals surface area (Å²) in [7, 11) is 1.30. The van der Waals surface area contributed by atoms with Crippen molar-refractivity contribution in [1.82, 2.24) is 4.98 Å². The Morgan fingerprint density at radius 1 is 1.21 bits per heavy atom. The molecule has 0 amide bonds. The minimum Gasteiger partial charge on any atom is -0.477 e. The maximum absolute atomic E-state index is 12.6. The second-order valence-electron chi connectivity index (χ2n) is 7.70. The standard InChI is InChI=1S/C21H26ClNO5/c1-11-15(13-7-9-14(22)10-8-13)16(12(2)23-17(11)19(24)25)18(20(26)27-6)28-21(3,4)5/h7,9,18H,8,10H2,1-6H3,(H,24,25)/t18-/m0/s1. The van der Waals surface area contributed by atoms with Crippen molar-refractivity contribution < 1.29 is 24.2 Å². The third-order valence-corrected chi connectivity index (χ3v) is 4.75. The normalized spacial score (nSPS) is 15.5. The van der Waals surface area contributed by atoms with Gasteiger partial charge in [0.1, 0.15) is 0 Å². The molecule has 2 rings (SSSR count). The molecule has 152 valence electrons. The molecule has 28 heavy (non-hydrogen) atoms. The summed E-state index contributed by atoms with van der Waals surface area (Å²) in [5, 5.41) is 10.3. The number of aryl methyl sites for hydroxylation is 1. The Bertz CT molecular complexity index is 865. The average molecular weight is 408 g/mol. The molecule has 0 aliphatic heterocycles. The number of carbonyl (C=O) groups is 2. The van der Waals surface area contributed by atoms with Crippen molar-refractivity contribution in [1.29, 1.82) is 0 Å². The molecule has 1 N–H and O–H groups in total. The summed E-state index contributed by atoms with van der Waals surface area (Å²) >= 11 is 6.10. The van der Waals surface area contributed by atoms with Gasteiger partial charge in [0.05, 0.1) is 12.7 Å². The number of carboxylic acids is 1. The molecule has 1 aliphatic rings. The Balaban J connectivity index is 2.82. The van der Waals surface area contributed by atoms with Crippen molar-refractivity contribution in [3.05, 3.63) is 45.3 Å². The molecule has 0 saturated heterocycles. The molecule has 7 heteroatoms. The van der Waals surface area contributed by atoms with Crippen molar-refractivity contribution in [3.8, 4) is 0 Å². The first-order valence-electron chi connectivity index (χ1n) is 9.02. The number of nitrogens with zero attached hydrogens (tertiary/aromatic N) is 1. The van der Waals surface area contributed by atoms with E-state index >= 15 is 0 Å². The number of halogens is 1. The number of aromatic nitrogens is 1. The molecule has 0 fully saturated rings. The van der Waals surface area contributed by atoms with Crippen LogP contribution in [0.3, 0.4) is 0 Å². The van der Waals surface area contributed by atoms with E-state index < -0.39 is 23.6 Å². The van der Waals surface area contributed by atoms with Gasteiger partial charge >= 0.3 is 11.9 Å². The minimum absolute atomic E-state index is 0.0443. The number of aromatic carboxylic acids is 1. The number of methoxy groups -OCH3 is 1. The van der Waals surface area contributed by atoms with Crippen LogP contribution in [0.4, 0.5) is 0 Å². The minimum atomic E-state index is -1.12. The molecule has 0 unspecified atom stereocenters. The summed E-state index contributed by atoms with van der Waals surface area (Å²) in [5.74, 6) is -1.68. The van der Waals surface area contributed by atoms with Crippen LogP contribution in [-0.2, 0) is 14.3 Å². The van der Waals surface area contributed by atoms with Gasteiger partial charge in [0, 0.05) is 16.3 Å². The molecular formula is C21H26ClNO5. The summed E-state index contributed by atoms with van der Waals surface area (Å²) in [6, 6.07) is 0. The zero-order chi connectivity index (χ0) is 21.2. The lowest BCUT2D eigenvalue weighted by molar-refractivity contribution is -0.164. The molecule has 0 bridgehead atoms. The first-order chi connectivity index (χ1) is 13.0. The van der Waals surface area contributed by atoms with Crippen molar-refractivity contribution in [2.45, 2.75) is 59.2 Å². The second-order valence-corrected chi connectivity index (χ2v) is 8.19. The van der Waals surface area contributed by atoms with Crippen LogP contribution in [0.25, 0.3) is 5.57 Å². The molecule has 0 radical (unpaired) electrons. The highest BCUT2D eigenvalue weighted by molar-refractivity contribution is 6.30. The van der Waals surface area contributed by atoms with E-state index in [1.54, 1.807) is 19.9 Å². The van der Waals surface area contributed by atoms with E-state index in [2.05, 4.69) is 4.98 Å². The van der Waals surface area contributed by atoms with Gasteiger partial charge in [-0.3, -0.25) is 0 Å². The van der Waals surface area contributed by atoms with Gasteiger partial charge in [-0.1, -0.05) is 17.7 Å². The summed E-state index contributed by atoms with van der Waals surface area (Å²) in [5.41, 5.74) is 2.29. The van der Waals surface area contributed by atoms with Gasteiger partial charge < -0.3 is 14.6 Å². The lowest BCUT2D eigenvalue weighted by Gasteiger charge is -2.30. The highest BCUT2D eigenvalue weighted by atomic mass is 35.5. The van der Waals surface area contributed by atoms with E-state index in [9.17, 15) is 14.7 Å². The van der Waals surface area contributed by atoms with Gasteiger partial charge in [-0.05, 0) is 70.2 Å².